The highest BCUT2D eigenvalue weighted by molar-refractivity contribution is 6.35. The Morgan fingerprint density at radius 2 is 2.15 bits per heavy atom. The Labute approximate surface area is 160 Å². The second-order valence-corrected chi connectivity index (χ2v) is 7.72. The number of benzene rings is 1. The summed E-state index contributed by atoms with van der Waals surface area (Å²) in [7, 11) is 0. The summed E-state index contributed by atoms with van der Waals surface area (Å²) in [5.74, 6) is -0.633. The quantitative estimate of drug-likeness (QED) is 0.824. The first kappa shape index (κ1) is 17.7. The van der Waals surface area contributed by atoms with E-state index in [0.29, 0.717) is 16.5 Å². The zero-order valence-electron chi connectivity index (χ0n) is 13.8. The van der Waals surface area contributed by atoms with Crippen LogP contribution in [0.15, 0.2) is 36.5 Å². The SMILES string of the molecule is O=C(N[C@@H]1C[C@H]1c1ccc(Cl)cc1Cl)[C@]1(F)CC[C@H](O)c2ncccc21. The van der Waals surface area contributed by atoms with Crippen molar-refractivity contribution in [2.45, 2.75) is 43.0 Å². The molecule has 0 radical (unpaired) electrons. The smallest absolute Gasteiger partial charge is 0.262 e. The molecule has 4 nitrogen and oxygen atoms in total. The Morgan fingerprint density at radius 3 is 2.92 bits per heavy atom. The second-order valence-electron chi connectivity index (χ2n) is 6.88. The second kappa shape index (κ2) is 6.48. The number of nitrogens with zero attached hydrogens (tertiary/aromatic N) is 1. The molecule has 0 bridgehead atoms. The number of halogens is 3. The van der Waals surface area contributed by atoms with Crippen LogP contribution in [0.25, 0.3) is 0 Å². The van der Waals surface area contributed by atoms with Gasteiger partial charge in [0.05, 0.1) is 11.8 Å². The number of nitrogens with one attached hydrogen (secondary N) is 1. The van der Waals surface area contributed by atoms with E-state index >= 15 is 4.39 Å². The summed E-state index contributed by atoms with van der Waals surface area (Å²) in [6.45, 7) is 0. The zero-order chi connectivity index (χ0) is 18.5. The van der Waals surface area contributed by atoms with Gasteiger partial charge in [-0.05, 0) is 43.0 Å². The molecule has 7 heteroatoms. The summed E-state index contributed by atoms with van der Waals surface area (Å²) < 4.78 is 15.6. The van der Waals surface area contributed by atoms with E-state index in [9.17, 15) is 9.90 Å². The Bertz CT molecular complexity index is 878. The number of aromatic nitrogens is 1. The van der Waals surface area contributed by atoms with Gasteiger partial charge in [-0.15, -0.1) is 0 Å². The largest absolute Gasteiger partial charge is 0.387 e. The zero-order valence-corrected chi connectivity index (χ0v) is 15.3. The number of hydrogen-bond donors (Lipinski definition) is 2. The first-order valence-corrected chi connectivity index (χ1v) is 9.24. The minimum Gasteiger partial charge on any atom is -0.387 e. The van der Waals surface area contributed by atoms with Gasteiger partial charge in [-0.1, -0.05) is 35.3 Å². The molecular formula is C19H17Cl2FN2O2. The molecule has 4 rings (SSSR count). The third kappa shape index (κ3) is 2.98. The number of rotatable bonds is 3. The lowest BCUT2D eigenvalue weighted by molar-refractivity contribution is -0.135. The number of alkyl halides is 1. The number of aliphatic hydroxyl groups is 1. The molecule has 1 heterocycles. The predicted octanol–water partition coefficient (Wildman–Crippen LogP) is 4.05. The number of amides is 1. The third-order valence-corrected chi connectivity index (χ3v) is 5.73. The van der Waals surface area contributed by atoms with Crippen molar-refractivity contribution < 1.29 is 14.3 Å². The molecule has 136 valence electrons. The summed E-state index contributed by atoms with van der Waals surface area (Å²) in [6.07, 6.45) is 1.43. The highest BCUT2D eigenvalue weighted by Crippen LogP contribution is 2.46. The minimum absolute atomic E-state index is 0.0508. The third-order valence-electron chi connectivity index (χ3n) is 5.17. The normalized spacial score (nSPS) is 29.8. The monoisotopic (exact) mass is 394 g/mol. The van der Waals surface area contributed by atoms with Crippen LogP contribution < -0.4 is 5.32 Å². The lowest BCUT2D eigenvalue weighted by Crippen LogP contribution is -2.45. The fourth-order valence-electron chi connectivity index (χ4n) is 3.64. The molecule has 0 aliphatic heterocycles. The molecule has 0 spiro atoms. The minimum atomic E-state index is -2.18. The average molecular weight is 395 g/mol. The van der Waals surface area contributed by atoms with E-state index in [0.717, 1.165) is 5.56 Å². The van der Waals surface area contributed by atoms with Crippen LogP contribution in [-0.2, 0) is 10.5 Å². The van der Waals surface area contributed by atoms with Gasteiger partial charge in [-0.25, -0.2) is 4.39 Å². The van der Waals surface area contributed by atoms with Gasteiger partial charge < -0.3 is 10.4 Å². The number of pyridine rings is 1. The Morgan fingerprint density at radius 1 is 1.35 bits per heavy atom. The molecule has 1 amide bonds. The van der Waals surface area contributed by atoms with E-state index in [-0.39, 0.29) is 36.1 Å². The van der Waals surface area contributed by atoms with Gasteiger partial charge in [-0.2, -0.15) is 0 Å². The van der Waals surface area contributed by atoms with Crippen molar-refractivity contribution in [3.05, 3.63) is 63.4 Å². The lowest BCUT2D eigenvalue weighted by Gasteiger charge is -2.32. The fraction of sp³-hybridized carbons (Fsp3) is 0.368. The molecule has 1 aromatic carbocycles. The number of carbonyl (C=O) groups excluding carboxylic acids is 1. The van der Waals surface area contributed by atoms with Crippen molar-refractivity contribution in [3.63, 3.8) is 0 Å². The topological polar surface area (TPSA) is 62.2 Å². The van der Waals surface area contributed by atoms with Gasteiger partial charge in [-0.3, -0.25) is 9.78 Å². The molecule has 1 aromatic heterocycles. The Hall–Kier alpha value is -1.69. The van der Waals surface area contributed by atoms with Crippen molar-refractivity contribution in [3.8, 4) is 0 Å². The molecule has 2 N–H and O–H groups in total. The molecule has 2 aliphatic carbocycles. The molecule has 1 saturated carbocycles. The highest BCUT2D eigenvalue weighted by atomic mass is 35.5. The van der Waals surface area contributed by atoms with Gasteiger partial charge in [0.25, 0.3) is 5.91 Å². The maximum absolute atomic E-state index is 15.6. The first-order valence-electron chi connectivity index (χ1n) is 8.48. The standard InChI is InChI=1S/C19H17Cl2FN2O2/c20-10-3-4-11(14(21)8-10)12-9-15(12)24-18(26)19(22)6-5-16(25)17-13(19)2-1-7-23-17/h1-4,7-8,12,15-16,25H,5-6,9H2,(H,24,26)/t12-,15+,16-,19-/m0/s1. The molecule has 26 heavy (non-hydrogen) atoms. The molecule has 4 atom stereocenters. The molecule has 2 aromatic rings. The molecule has 0 saturated heterocycles. The van der Waals surface area contributed by atoms with Crippen LogP contribution in [-0.4, -0.2) is 22.0 Å². The van der Waals surface area contributed by atoms with Crippen LogP contribution in [0, 0.1) is 0 Å². The van der Waals surface area contributed by atoms with Crippen molar-refractivity contribution >= 4 is 29.1 Å². The number of carbonyl (C=O) groups is 1. The first-order chi connectivity index (χ1) is 12.4. The molecular weight excluding hydrogens is 378 g/mol. The van der Waals surface area contributed by atoms with E-state index in [4.69, 9.17) is 23.2 Å². The Kier molecular flexibility index (Phi) is 4.41. The lowest BCUT2D eigenvalue weighted by atomic mass is 9.81. The summed E-state index contributed by atoms with van der Waals surface area (Å²) in [4.78, 5) is 16.8. The van der Waals surface area contributed by atoms with E-state index < -0.39 is 17.7 Å². The van der Waals surface area contributed by atoms with Gasteiger partial charge >= 0.3 is 0 Å². The number of hydrogen-bond acceptors (Lipinski definition) is 3. The maximum Gasteiger partial charge on any atom is 0.262 e. The van der Waals surface area contributed by atoms with Gasteiger partial charge in [0, 0.05) is 33.8 Å². The van der Waals surface area contributed by atoms with E-state index in [2.05, 4.69) is 10.3 Å². The van der Waals surface area contributed by atoms with Crippen LogP contribution in [0.5, 0.6) is 0 Å². The van der Waals surface area contributed by atoms with Crippen LogP contribution in [0.2, 0.25) is 10.0 Å². The van der Waals surface area contributed by atoms with Crippen molar-refractivity contribution in [1.82, 2.24) is 10.3 Å². The predicted molar refractivity (Wildman–Crippen MR) is 97.0 cm³/mol. The maximum atomic E-state index is 15.6. The average Bonchev–Trinajstić information content (AvgIpc) is 3.37. The van der Waals surface area contributed by atoms with Crippen LogP contribution in [0.1, 0.15) is 48.1 Å². The van der Waals surface area contributed by atoms with Gasteiger partial charge in [0.1, 0.15) is 0 Å². The van der Waals surface area contributed by atoms with Crippen molar-refractivity contribution in [2.24, 2.45) is 0 Å². The summed E-state index contributed by atoms with van der Waals surface area (Å²) in [5, 5.41) is 13.9. The van der Waals surface area contributed by atoms with E-state index in [1.807, 2.05) is 6.07 Å². The molecule has 0 unspecified atom stereocenters. The van der Waals surface area contributed by atoms with Crippen LogP contribution >= 0.6 is 23.2 Å². The van der Waals surface area contributed by atoms with Crippen molar-refractivity contribution in [1.29, 1.82) is 0 Å². The van der Waals surface area contributed by atoms with Gasteiger partial charge in [0.2, 0.25) is 5.67 Å². The van der Waals surface area contributed by atoms with Crippen LogP contribution in [0.3, 0.4) is 0 Å². The number of aliphatic hydroxyl groups excluding tert-OH is 1. The Balaban J connectivity index is 1.52. The number of fused-ring (bicyclic) bond motifs is 1. The van der Waals surface area contributed by atoms with E-state index in [1.54, 1.807) is 18.2 Å². The molecule has 1 fully saturated rings. The van der Waals surface area contributed by atoms with E-state index in [1.165, 1.54) is 12.3 Å². The van der Waals surface area contributed by atoms with Gasteiger partial charge in [0.15, 0.2) is 0 Å². The summed E-state index contributed by atoms with van der Waals surface area (Å²) in [5.41, 5.74) is -0.891. The fourth-order valence-corrected chi connectivity index (χ4v) is 4.19. The summed E-state index contributed by atoms with van der Waals surface area (Å²) >= 11 is 12.1. The summed E-state index contributed by atoms with van der Waals surface area (Å²) in [6, 6.07) is 8.18. The molecule has 2 aliphatic rings. The highest BCUT2D eigenvalue weighted by Gasteiger charge is 2.50. The van der Waals surface area contributed by atoms with Crippen LogP contribution in [0.4, 0.5) is 4.39 Å². The van der Waals surface area contributed by atoms with Crippen molar-refractivity contribution in [2.75, 3.05) is 0 Å².